The minimum atomic E-state index is 0.307. The zero-order valence-corrected chi connectivity index (χ0v) is 9.66. The minimum absolute atomic E-state index is 0.307. The molecule has 0 saturated heterocycles. The lowest BCUT2D eigenvalue weighted by Crippen LogP contribution is -2.15. The van der Waals surface area contributed by atoms with E-state index in [1.807, 2.05) is 17.9 Å². The van der Waals surface area contributed by atoms with Crippen LogP contribution in [0.4, 0.5) is 0 Å². The fourth-order valence-corrected chi connectivity index (χ4v) is 1.48. The number of aliphatic hydroxyl groups is 1. The molecule has 0 spiro atoms. The Morgan fingerprint density at radius 2 is 2.20 bits per heavy atom. The van der Waals surface area contributed by atoms with Crippen molar-refractivity contribution in [3.63, 3.8) is 0 Å². The van der Waals surface area contributed by atoms with Crippen molar-refractivity contribution in [1.82, 2.24) is 15.1 Å². The second-order valence-corrected chi connectivity index (χ2v) is 3.84. The van der Waals surface area contributed by atoms with Gasteiger partial charge in [-0.25, -0.2) is 0 Å². The maximum Gasteiger partial charge on any atom is 0.0537 e. The molecule has 0 atom stereocenters. The Morgan fingerprint density at radius 3 is 2.80 bits per heavy atom. The van der Waals surface area contributed by atoms with Gasteiger partial charge < -0.3 is 10.4 Å². The lowest BCUT2D eigenvalue weighted by atomic mass is 10.2. The van der Waals surface area contributed by atoms with Crippen LogP contribution in [0.1, 0.15) is 30.5 Å². The molecule has 0 unspecified atom stereocenters. The topological polar surface area (TPSA) is 50.1 Å². The number of hydrogen-bond donors (Lipinski definition) is 2. The van der Waals surface area contributed by atoms with Crippen LogP contribution < -0.4 is 5.32 Å². The molecule has 0 saturated carbocycles. The molecule has 0 fully saturated rings. The lowest BCUT2D eigenvalue weighted by Gasteiger charge is -2.03. The van der Waals surface area contributed by atoms with E-state index in [1.165, 1.54) is 11.3 Å². The summed E-state index contributed by atoms with van der Waals surface area (Å²) < 4.78 is 1.89. The summed E-state index contributed by atoms with van der Waals surface area (Å²) in [6.07, 6.45) is 5.04. The van der Waals surface area contributed by atoms with Crippen LogP contribution in [-0.4, -0.2) is 28.0 Å². The molecule has 0 aliphatic heterocycles. The van der Waals surface area contributed by atoms with Crippen LogP contribution >= 0.6 is 0 Å². The molecule has 86 valence electrons. The van der Waals surface area contributed by atoms with Gasteiger partial charge in [0.15, 0.2) is 0 Å². The van der Waals surface area contributed by atoms with E-state index in [0.717, 1.165) is 32.4 Å². The second-order valence-electron chi connectivity index (χ2n) is 3.84. The third kappa shape index (κ3) is 4.01. The number of nitrogens with zero attached hydrogens (tertiary/aromatic N) is 2. The molecule has 4 nitrogen and oxygen atoms in total. The van der Waals surface area contributed by atoms with Crippen molar-refractivity contribution in [1.29, 1.82) is 0 Å². The normalized spacial score (nSPS) is 10.9. The molecule has 0 aromatic carbocycles. The summed E-state index contributed by atoms with van der Waals surface area (Å²) in [5.74, 6) is 0. The Bertz CT molecular complexity index is 283. The number of rotatable bonds is 7. The molecule has 0 aliphatic rings. The van der Waals surface area contributed by atoms with Gasteiger partial charge in [0.25, 0.3) is 0 Å². The third-order valence-electron chi connectivity index (χ3n) is 2.66. The van der Waals surface area contributed by atoms with E-state index in [1.54, 1.807) is 0 Å². The highest BCUT2D eigenvalue weighted by molar-refractivity contribution is 5.15. The molecule has 1 aromatic heterocycles. The standard InChI is InChI=1S/C11H21N3O/c1-10-11(9-13-14(10)2)8-12-6-4-3-5-7-15/h9,12,15H,3-8H2,1-2H3. The Kier molecular flexibility index (Phi) is 5.36. The van der Waals surface area contributed by atoms with Crippen LogP contribution in [0.25, 0.3) is 0 Å². The molecule has 4 heteroatoms. The molecule has 15 heavy (non-hydrogen) atoms. The number of hydrogen-bond acceptors (Lipinski definition) is 3. The number of unbranched alkanes of at least 4 members (excludes halogenated alkanes) is 2. The monoisotopic (exact) mass is 211 g/mol. The summed E-state index contributed by atoms with van der Waals surface area (Å²) in [6.45, 7) is 4.28. The number of aryl methyl sites for hydroxylation is 1. The quantitative estimate of drug-likeness (QED) is 0.661. The SMILES string of the molecule is Cc1c(CNCCCCCO)cnn1C. The fourth-order valence-electron chi connectivity index (χ4n) is 1.48. The number of nitrogens with one attached hydrogen (secondary N) is 1. The van der Waals surface area contributed by atoms with Crippen LogP contribution in [0.2, 0.25) is 0 Å². The second kappa shape index (κ2) is 6.58. The van der Waals surface area contributed by atoms with Gasteiger partial charge in [-0.15, -0.1) is 0 Å². The zero-order valence-electron chi connectivity index (χ0n) is 9.66. The molecule has 0 bridgehead atoms. The summed E-state index contributed by atoms with van der Waals surface area (Å²) in [5.41, 5.74) is 2.48. The van der Waals surface area contributed by atoms with Gasteiger partial charge in [-0.3, -0.25) is 4.68 Å². The van der Waals surface area contributed by atoms with E-state index in [2.05, 4.69) is 17.3 Å². The first-order chi connectivity index (χ1) is 7.25. The van der Waals surface area contributed by atoms with E-state index in [0.29, 0.717) is 6.61 Å². The minimum Gasteiger partial charge on any atom is -0.396 e. The van der Waals surface area contributed by atoms with Gasteiger partial charge in [0.05, 0.1) is 6.20 Å². The van der Waals surface area contributed by atoms with Gasteiger partial charge in [0.1, 0.15) is 0 Å². The van der Waals surface area contributed by atoms with Gasteiger partial charge in [0, 0.05) is 31.5 Å². The zero-order chi connectivity index (χ0) is 11.1. The Balaban J connectivity index is 2.12. The van der Waals surface area contributed by atoms with Crippen LogP contribution in [0.15, 0.2) is 6.20 Å². The van der Waals surface area contributed by atoms with Crippen molar-refractivity contribution < 1.29 is 5.11 Å². The highest BCUT2D eigenvalue weighted by Gasteiger charge is 2.01. The average molecular weight is 211 g/mol. The summed E-state index contributed by atoms with van der Waals surface area (Å²) in [5, 5.41) is 16.2. The molecule has 1 aromatic rings. The summed E-state index contributed by atoms with van der Waals surface area (Å²) in [6, 6.07) is 0. The van der Waals surface area contributed by atoms with E-state index >= 15 is 0 Å². The van der Waals surface area contributed by atoms with Crippen molar-refractivity contribution in [3.8, 4) is 0 Å². The molecule has 2 N–H and O–H groups in total. The number of aliphatic hydroxyl groups excluding tert-OH is 1. The molecular formula is C11H21N3O. The predicted octanol–water partition coefficient (Wildman–Crippen LogP) is 0.981. The van der Waals surface area contributed by atoms with Crippen LogP contribution in [-0.2, 0) is 13.6 Å². The first-order valence-corrected chi connectivity index (χ1v) is 5.54. The van der Waals surface area contributed by atoms with Crippen LogP contribution in [0.3, 0.4) is 0 Å². The number of aromatic nitrogens is 2. The first-order valence-electron chi connectivity index (χ1n) is 5.54. The van der Waals surface area contributed by atoms with Gasteiger partial charge in [0.2, 0.25) is 0 Å². The molecule has 0 radical (unpaired) electrons. The third-order valence-corrected chi connectivity index (χ3v) is 2.66. The molecule has 0 aliphatic carbocycles. The van der Waals surface area contributed by atoms with E-state index in [4.69, 9.17) is 5.11 Å². The molecular weight excluding hydrogens is 190 g/mol. The summed E-state index contributed by atoms with van der Waals surface area (Å²) in [7, 11) is 1.96. The predicted molar refractivity (Wildman–Crippen MR) is 60.6 cm³/mol. The lowest BCUT2D eigenvalue weighted by molar-refractivity contribution is 0.283. The molecule has 0 amide bonds. The molecule has 1 rings (SSSR count). The Hall–Kier alpha value is -0.870. The van der Waals surface area contributed by atoms with Gasteiger partial charge in [-0.05, 0) is 32.7 Å². The fraction of sp³-hybridized carbons (Fsp3) is 0.727. The highest BCUT2D eigenvalue weighted by atomic mass is 16.2. The van der Waals surface area contributed by atoms with E-state index in [9.17, 15) is 0 Å². The Morgan fingerprint density at radius 1 is 1.40 bits per heavy atom. The maximum atomic E-state index is 8.61. The van der Waals surface area contributed by atoms with Crippen LogP contribution in [0.5, 0.6) is 0 Å². The van der Waals surface area contributed by atoms with E-state index in [-0.39, 0.29) is 0 Å². The van der Waals surface area contributed by atoms with Gasteiger partial charge >= 0.3 is 0 Å². The summed E-state index contributed by atoms with van der Waals surface area (Å²) >= 11 is 0. The summed E-state index contributed by atoms with van der Waals surface area (Å²) in [4.78, 5) is 0. The highest BCUT2D eigenvalue weighted by Crippen LogP contribution is 2.04. The van der Waals surface area contributed by atoms with Gasteiger partial charge in [-0.2, -0.15) is 5.10 Å². The van der Waals surface area contributed by atoms with Crippen LogP contribution in [0, 0.1) is 6.92 Å². The van der Waals surface area contributed by atoms with Crippen molar-refractivity contribution >= 4 is 0 Å². The van der Waals surface area contributed by atoms with E-state index < -0.39 is 0 Å². The van der Waals surface area contributed by atoms with Crippen molar-refractivity contribution in [2.24, 2.45) is 7.05 Å². The van der Waals surface area contributed by atoms with Crippen molar-refractivity contribution in [2.45, 2.75) is 32.7 Å². The largest absolute Gasteiger partial charge is 0.396 e. The first kappa shape index (κ1) is 12.2. The van der Waals surface area contributed by atoms with Gasteiger partial charge in [-0.1, -0.05) is 0 Å². The average Bonchev–Trinajstić information content (AvgIpc) is 2.54. The van der Waals surface area contributed by atoms with Crippen molar-refractivity contribution in [3.05, 3.63) is 17.5 Å². The van der Waals surface area contributed by atoms with Crippen molar-refractivity contribution in [2.75, 3.05) is 13.2 Å². The maximum absolute atomic E-state index is 8.61. The molecule has 1 heterocycles. The smallest absolute Gasteiger partial charge is 0.0537 e. The Labute approximate surface area is 91.3 Å².